The van der Waals surface area contributed by atoms with Gasteiger partial charge in [-0.3, -0.25) is 4.21 Å². The Morgan fingerprint density at radius 1 is 1.32 bits per heavy atom. The molecule has 3 rings (SSSR count). The molecule has 1 aliphatic carbocycles. The second kappa shape index (κ2) is 7.00. The van der Waals surface area contributed by atoms with Gasteiger partial charge in [0.2, 0.25) is 5.89 Å². The lowest BCUT2D eigenvalue weighted by Crippen LogP contribution is -2.01. The Morgan fingerprint density at radius 2 is 2.09 bits per heavy atom. The first-order valence-electron chi connectivity index (χ1n) is 7.73. The van der Waals surface area contributed by atoms with E-state index in [9.17, 15) is 4.21 Å². The van der Waals surface area contributed by atoms with Crippen molar-refractivity contribution in [2.75, 3.05) is 0 Å². The van der Waals surface area contributed by atoms with Gasteiger partial charge in [0.25, 0.3) is 0 Å². The third kappa shape index (κ3) is 3.81. The lowest BCUT2D eigenvalue weighted by Gasteiger charge is -2.02. The first-order valence-corrected chi connectivity index (χ1v) is 10.1. The SMILES string of the molecule is CC(C)c1noc(C[S@](=O)Cc2csc(C3CCCC3)n2)n1. The predicted octanol–water partition coefficient (Wildman–Crippen LogP) is 3.76. The molecule has 0 radical (unpaired) electrons. The molecule has 1 fully saturated rings. The molecule has 0 amide bonds. The van der Waals surface area contributed by atoms with Crippen LogP contribution in [-0.2, 0) is 22.3 Å². The fourth-order valence-corrected chi connectivity index (χ4v) is 4.73. The second-order valence-electron chi connectivity index (χ2n) is 6.09. The van der Waals surface area contributed by atoms with E-state index in [1.165, 1.54) is 30.7 Å². The van der Waals surface area contributed by atoms with Gasteiger partial charge in [-0.2, -0.15) is 4.98 Å². The molecule has 0 saturated heterocycles. The zero-order valence-electron chi connectivity index (χ0n) is 12.9. The van der Waals surface area contributed by atoms with Gasteiger partial charge in [-0.25, -0.2) is 4.98 Å². The fraction of sp³-hybridized carbons (Fsp3) is 0.667. The van der Waals surface area contributed by atoms with Crippen LogP contribution in [0.5, 0.6) is 0 Å². The number of hydrogen-bond acceptors (Lipinski definition) is 6. The second-order valence-corrected chi connectivity index (χ2v) is 8.43. The summed E-state index contributed by atoms with van der Waals surface area (Å²) in [4.78, 5) is 8.94. The average Bonchev–Trinajstić information content (AvgIpc) is 3.18. The molecule has 1 aliphatic rings. The van der Waals surface area contributed by atoms with Crippen molar-refractivity contribution >= 4 is 22.1 Å². The monoisotopic (exact) mass is 339 g/mol. The van der Waals surface area contributed by atoms with Gasteiger partial charge >= 0.3 is 0 Å². The van der Waals surface area contributed by atoms with E-state index in [4.69, 9.17) is 4.52 Å². The van der Waals surface area contributed by atoms with Gasteiger partial charge in [-0.15, -0.1) is 11.3 Å². The number of nitrogens with zero attached hydrogens (tertiary/aromatic N) is 3. The summed E-state index contributed by atoms with van der Waals surface area (Å²) in [5.74, 6) is 2.73. The summed E-state index contributed by atoms with van der Waals surface area (Å²) in [5, 5.41) is 7.15. The molecule has 0 unspecified atom stereocenters. The quantitative estimate of drug-likeness (QED) is 0.801. The third-order valence-corrected chi connectivity index (χ3v) is 6.11. The van der Waals surface area contributed by atoms with Crippen LogP contribution in [0.3, 0.4) is 0 Å². The van der Waals surface area contributed by atoms with Crippen LogP contribution in [0.4, 0.5) is 0 Å². The molecule has 2 aromatic heterocycles. The molecule has 0 aliphatic heterocycles. The zero-order chi connectivity index (χ0) is 15.5. The summed E-state index contributed by atoms with van der Waals surface area (Å²) in [6.07, 6.45) is 5.10. The first-order chi connectivity index (χ1) is 10.6. The van der Waals surface area contributed by atoms with Gasteiger partial charge in [0, 0.05) is 28.0 Å². The minimum absolute atomic E-state index is 0.221. The summed E-state index contributed by atoms with van der Waals surface area (Å²) in [6.45, 7) is 4.01. The van der Waals surface area contributed by atoms with Crippen LogP contribution < -0.4 is 0 Å². The maximum Gasteiger partial charge on any atom is 0.239 e. The lowest BCUT2D eigenvalue weighted by atomic mass is 10.1. The van der Waals surface area contributed by atoms with Crippen molar-refractivity contribution in [1.29, 1.82) is 0 Å². The molecule has 5 nitrogen and oxygen atoms in total. The normalized spacial score (nSPS) is 17.4. The predicted molar refractivity (Wildman–Crippen MR) is 87.3 cm³/mol. The van der Waals surface area contributed by atoms with Gasteiger partial charge in [-0.1, -0.05) is 31.8 Å². The van der Waals surface area contributed by atoms with E-state index in [1.54, 1.807) is 11.3 Å². The van der Waals surface area contributed by atoms with E-state index in [-0.39, 0.29) is 5.92 Å². The van der Waals surface area contributed by atoms with Crippen molar-refractivity contribution in [2.45, 2.75) is 62.9 Å². The molecular weight excluding hydrogens is 318 g/mol. The molecule has 120 valence electrons. The van der Waals surface area contributed by atoms with Crippen molar-refractivity contribution in [1.82, 2.24) is 15.1 Å². The van der Waals surface area contributed by atoms with Gasteiger partial charge in [0.1, 0.15) is 5.75 Å². The molecule has 0 bridgehead atoms. The molecule has 0 aromatic carbocycles. The maximum absolute atomic E-state index is 12.2. The summed E-state index contributed by atoms with van der Waals surface area (Å²) in [5.41, 5.74) is 0.925. The van der Waals surface area contributed by atoms with Crippen molar-refractivity contribution in [3.63, 3.8) is 0 Å². The Hall–Kier alpha value is -1.08. The topological polar surface area (TPSA) is 68.9 Å². The average molecular weight is 339 g/mol. The van der Waals surface area contributed by atoms with E-state index >= 15 is 0 Å². The van der Waals surface area contributed by atoms with Crippen LogP contribution >= 0.6 is 11.3 Å². The molecule has 1 saturated carbocycles. The van der Waals surface area contributed by atoms with E-state index < -0.39 is 10.8 Å². The van der Waals surface area contributed by atoms with Crippen LogP contribution in [0.2, 0.25) is 0 Å². The van der Waals surface area contributed by atoms with Crippen molar-refractivity contribution < 1.29 is 8.73 Å². The first kappa shape index (κ1) is 15.8. The zero-order valence-corrected chi connectivity index (χ0v) is 14.6. The lowest BCUT2D eigenvalue weighted by molar-refractivity contribution is 0.382. The summed E-state index contributed by atoms with van der Waals surface area (Å²) < 4.78 is 17.4. The number of rotatable bonds is 6. The van der Waals surface area contributed by atoms with Crippen LogP contribution in [0.1, 0.15) is 73.8 Å². The van der Waals surface area contributed by atoms with E-state index in [0.29, 0.717) is 29.1 Å². The smallest absolute Gasteiger partial charge is 0.239 e. The Labute approximate surface area is 137 Å². The summed E-state index contributed by atoms with van der Waals surface area (Å²) in [6, 6.07) is 0. The Bertz CT molecular complexity index is 645. The molecular formula is C15H21N3O2S2. The van der Waals surface area contributed by atoms with Gasteiger partial charge in [-0.05, 0) is 12.8 Å². The highest BCUT2D eigenvalue weighted by molar-refractivity contribution is 7.83. The minimum Gasteiger partial charge on any atom is -0.338 e. The number of thiazole rings is 1. The van der Waals surface area contributed by atoms with Crippen molar-refractivity contribution in [2.24, 2.45) is 0 Å². The highest BCUT2D eigenvalue weighted by atomic mass is 32.2. The molecule has 0 N–H and O–H groups in total. The molecule has 1 atom stereocenters. The molecule has 0 spiro atoms. The Morgan fingerprint density at radius 3 is 2.77 bits per heavy atom. The number of hydrogen-bond donors (Lipinski definition) is 0. The minimum atomic E-state index is -1.06. The fourth-order valence-electron chi connectivity index (χ4n) is 2.66. The summed E-state index contributed by atoms with van der Waals surface area (Å²) >= 11 is 1.71. The maximum atomic E-state index is 12.2. The van der Waals surface area contributed by atoms with Crippen LogP contribution in [-0.4, -0.2) is 19.3 Å². The molecule has 2 heterocycles. The van der Waals surface area contributed by atoms with Crippen LogP contribution in [0.15, 0.2) is 9.90 Å². The Kier molecular flexibility index (Phi) is 5.03. The molecule has 2 aromatic rings. The van der Waals surface area contributed by atoms with E-state index in [1.807, 2.05) is 19.2 Å². The van der Waals surface area contributed by atoms with E-state index in [2.05, 4.69) is 15.1 Å². The van der Waals surface area contributed by atoms with Crippen molar-refractivity contribution in [3.05, 3.63) is 27.8 Å². The van der Waals surface area contributed by atoms with Gasteiger partial charge in [0.05, 0.1) is 16.5 Å². The third-order valence-electron chi connectivity index (χ3n) is 3.87. The van der Waals surface area contributed by atoms with Gasteiger partial charge < -0.3 is 4.52 Å². The van der Waals surface area contributed by atoms with E-state index in [0.717, 1.165) is 5.69 Å². The van der Waals surface area contributed by atoms with Crippen molar-refractivity contribution in [3.8, 4) is 0 Å². The van der Waals surface area contributed by atoms with Crippen LogP contribution in [0.25, 0.3) is 0 Å². The highest BCUT2D eigenvalue weighted by Gasteiger charge is 2.21. The highest BCUT2D eigenvalue weighted by Crippen LogP contribution is 2.35. The molecule has 22 heavy (non-hydrogen) atoms. The number of aromatic nitrogens is 3. The standard InChI is InChI=1S/C15H21N3O2S2/c1-10(2)14-17-13(20-18-14)9-22(19)8-12-7-21-15(16-12)11-5-3-4-6-11/h7,10-11H,3-6,8-9H2,1-2H3/t22-/m1/s1. The van der Waals surface area contributed by atoms with Crippen LogP contribution in [0, 0.1) is 0 Å². The largest absolute Gasteiger partial charge is 0.338 e. The summed E-state index contributed by atoms with van der Waals surface area (Å²) in [7, 11) is -1.06. The molecule has 7 heteroatoms. The van der Waals surface area contributed by atoms with Gasteiger partial charge in [0.15, 0.2) is 5.82 Å². The Balaban J connectivity index is 1.57.